The first kappa shape index (κ1) is 17.7. The van der Waals surface area contributed by atoms with E-state index in [1.165, 1.54) is 0 Å². The molecule has 0 saturated heterocycles. The number of urea groups is 1. The fourth-order valence-electron chi connectivity index (χ4n) is 2.86. The highest BCUT2D eigenvalue weighted by Crippen LogP contribution is 2.24. The first-order chi connectivity index (χ1) is 12.5. The fourth-order valence-corrected chi connectivity index (χ4v) is 2.86. The van der Waals surface area contributed by atoms with Gasteiger partial charge in [-0.25, -0.2) is 9.48 Å². The van der Waals surface area contributed by atoms with Gasteiger partial charge in [0.2, 0.25) is 0 Å². The summed E-state index contributed by atoms with van der Waals surface area (Å²) in [7, 11) is 0. The van der Waals surface area contributed by atoms with Crippen molar-refractivity contribution in [3.05, 3.63) is 78.0 Å². The van der Waals surface area contributed by atoms with Crippen molar-refractivity contribution in [3.8, 4) is 5.69 Å². The summed E-state index contributed by atoms with van der Waals surface area (Å²) in [6.45, 7) is 6.01. The van der Waals surface area contributed by atoms with E-state index in [-0.39, 0.29) is 6.03 Å². The number of nitrogens with zero attached hydrogens (tertiary/aromatic N) is 2. The Balaban J connectivity index is 1.75. The monoisotopic (exact) mass is 348 g/mol. The molecule has 0 aliphatic rings. The number of aryl methyl sites for hydroxylation is 1. The number of carbonyl (C=O) groups is 1. The molecular weight excluding hydrogens is 324 g/mol. The molecule has 1 aromatic heterocycles. The van der Waals surface area contributed by atoms with Gasteiger partial charge in [0.25, 0.3) is 0 Å². The van der Waals surface area contributed by atoms with Gasteiger partial charge in [-0.2, -0.15) is 0 Å². The van der Waals surface area contributed by atoms with E-state index in [4.69, 9.17) is 0 Å². The lowest BCUT2D eigenvalue weighted by Gasteiger charge is -2.30. The van der Waals surface area contributed by atoms with Crippen molar-refractivity contribution >= 4 is 11.8 Å². The van der Waals surface area contributed by atoms with E-state index in [1.54, 1.807) is 4.68 Å². The minimum Gasteiger partial charge on any atom is -0.329 e. The van der Waals surface area contributed by atoms with Gasteiger partial charge in [0, 0.05) is 11.8 Å². The molecule has 0 bridgehead atoms. The van der Waals surface area contributed by atoms with Crippen LogP contribution in [0.15, 0.2) is 66.9 Å². The van der Waals surface area contributed by atoms with Crippen LogP contribution in [-0.4, -0.2) is 15.8 Å². The molecule has 0 aliphatic carbocycles. The maximum absolute atomic E-state index is 12.6. The highest BCUT2D eigenvalue weighted by atomic mass is 16.2. The summed E-state index contributed by atoms with van der Waals surface area (Å²) in [5.74, 6) is 0.554. The van der Waals surface area contributed by atoms with Crippen molar-refractivity contribution < 1.29 is 4.79 Å². The number of aromatic nitrogens is 2. The lowest BCUT2D eigenvalue weighted by molar-refractivity contribution is 0.238. The molecule has 134 valence electrons. The molecule has 0 radical (unpaired) electrons. The van der Waals surface area contributed by atoms with Crippen molar-refractivity contribution in [2.24, 2.45) is 0 Å². The number of nitrogens with one attached hydrogen (secondary N) is 2. The van der Waals surface area contributed by atoms with Crippen LogP contribution in [0.2, 0.25) is 0 Å². The summed E-state index contributed by atoms with van der Waals surface area (Å²) < 4.78 is 1.77. The van der Waals surface area contributed by atoms with Crippen LogP contribution >= 0.6 is 0 Å². The number of hydrogen-bond acceptors (Lipinski definition) is 2. The van der Waals surface area contributed by atoms with Crippen LogP contribution in [0.5, 0.6) is 0 Å². The number of para-hydroxylation sites is 1. The summed E-state index contributed by atoms with van der Waals surface area (Å²) in [6.07, 6.45) is 2.68. The number of hydrogen-bond donors (Lipinski definition) is 2. The molecular formula is C21H24N4O. The van der Waals surface area contributed by atoms with Gasteiger partial charge in [-0.3, -0.25) is 5.32 Å². The van der Waals surface area contributed by atoms with Gasteiger partial charge in [0.1, 0.15) is 0 Å². The van der Waals surface area contributed by atoms with E-state index < -0.39 is 5.54 Å². The molecule has 26 heavy (non-hydrogen) atoms. The smallest absolute Gasteiger partial charge is 0.321 e. The van der Waals surface area contributed by atoms with E-state index in [2.05, 4.69) is 22.7 Å². The molecule has 2 amide bonds. The Morgan fingerprint density at radius 1 is 1.08 bits per heavy atom. The quantitative estimate of drug-likeness (QED) is 0.706. The zero-order chi connectivity index (χ0) is 18.6. The van der Waals surface area contributed by atoms with Crippen molar-refractivity contribution in [1.29, 1.82) is 0 Å². The average molecular weight is 348 g/mol. The van der Waals surface area contributed by atoms with E-state index >= 15 is 0 Å². The number of benzene rings is 2. The summed E-state index contributed by atoms with van der Waals surface area (Å²) in [4.78, 5) is 12.6. The van der Waals surface area contributed by atoms with E-state index in [0.29, 0.717) is 5.82 Å². The summed E-state index contributed by atoms with van der Waals surface area (Å²) >= 11 is 0. The minimum atomic E-state index is -0.443. The summed E-state index contributed by atoms with van der Waals surface area (Å²) in [6, 6.07) is 19.5. The summed E-state index contributed by atoms with van der Waals surface area (Å²) in [5.41, 5.74) is 2.49. The van der Waals surface area contributed by atoms with E-state index in [1.807, 2.05) is 80.7 Å². The predicted octanol–water partition coefficient (Wildman–Crippen LogP) is 4.63. The van der Waals surface area contributed by atoms with Crippen LogP contribution in [0.25, 0.3) is 5.69 Å². The zero-order valence-electron chi connectivity index (χ0n) is 15.4. The molecule has 3 rings (SSSR count). The largest absolute Gasteiger partial charge is 0.329 e. The van der Waals surface area contributed by atoms with Crippen molar-refractivity contribution in [1.82, 2.24) is 15.1 Å². The molecule has 0 spiro atoms. The zero-order valence-corrected chi connectivity index (χ0v) is 15.4. The SMILES string of the molecule is CCC(C)(NC(=O)Nc1nn(-c2ccccc2)cc1C)c1ccccc1. The topological polar surface area (TPSA) is 59.0 Å². The molecule has 1 atom stereocenters. The van der Waals surface area contributed by atoms with Gasteiger partial charge in [-0.15, -0.1) is 5.10 Å². The fraction of sp³-hybridized carbons (Fsp3) is 0.238. The van der Waals surface area contributed by atoms with Crippen molar-refractivity contribution in [2.75, 3.05) is 5.32 Å². The highest BCUT2D eigenvalue weighted by Gasteiger charge is 2.26. The van der Waals surface area contributed by atoms with Gasteiger partial charge >= 0.3 is 6.03 Å². The molecule has 3 aromatic rings. The van der Waals surface area contributed by atoms with E-state index in [0.717, 1.165) is 23.2 Å². The number of rotatable bonds is 5. The van der Waals surface area contributed by atoms with Gasteiger partial charge in [0.05, 0.1) is 11.2 Å². The predicted molar refractivity (Wildman–Crippen MR) is 105 cm³/mol. The van der Waals surface area contributed by atoms with Crippen LogP contribution in [-0.2, 0) is 5.54 Å². The second-order valence-electron chi connectivity index (χ2n) is 6.57. The molecule has 0 aliphatic heterocycles. The van der Waals surface area contributed by atoms with Gasteiger partial charge in [-0.1, -0.05) is 55.5 Å². The third kappa shape index (κ3) is 3.77. The first-order valence-corrected chi connectivity index (χ1v) is 8.78. The van der Waals surface area contributed by atoms with Crippen molar-refractivity contribution in [2.45, 2.75) is 32.7 Å². The maximum Gasteiger partial charge on any atom is 0.321 e. The average Bonchev–Trinajstić information content (AvgIpc) is 3.03. The Morgan fingerprint density at radius 3 is 2.31 bits per heavy atom. The number of anilines is 1. The summed E-state index contributed by atoms with van der Waals surface area (Å²) in [5, 5.41) is 10.5. The van der Waals surface area contributed by atoms with Crippen LogP contribution in [0.3, 0.4) is 0 Å². The molecule has 0 saturated carbocycles. The molecule has 5 heteroatoms. The molecule has 2 aromatic carbocycles. The van der Waals surface area contributed by atoms with Crippen molar-refractivity contribution in [3.63, 3.8) is 0 Å². The second-order valence-corrected chi connectivity index (χ2v) is 6.57. The van der Waals surface area contributed by atoms with Crippen LogP contribution in [0, 0.1) is 6.92 Å². The Morgan fingerprint density at radius 2 is 1.69 bits per heavy atom. The van der Waals surface area contributed by atoms with Gasteiger partial charge < -0.3 is 5.32 Å². The number of amides is 2. The van der Waals surface area contributed by atoms with Crippen LogP contribution < -0.4 is 10.6 Å². The molecule has 5 nitrogen and oxygen atoms in total. The Hall–Kier alpha value is -3.08. The van der Waals surface area contributed by atoms with Crippen LogP contribution in [0.4, 0.5) is 10.6 Å². The maximum atomic E-state index is 12.6. The Labute approximate surface area is 154 Å². The normalized spacial score (nSPS) is 13.0. The molecule has 2 N–H and O–H groups in total. The standard InChI is InChI=1S/C21H24N4O/c1-4-21(3,17-11-7-5-8-12-17)23-20(26)22-19-16(2)15-25(24-19)18-13-9-6-10-14-18/h5-15H,4H2,1-3H3,(H2,22,23,24,26). The van der Waals surface area contributed by atoms with Crippen LogP contribution in [0.1, 0.15) is 31.4 Å². The first-order valence-electron chi connectivity index (χ1n) is 8.78. The number of carbonyl (C=O) groups excluding carboxylic acids is 1. The lowest BCUT2D eigenvalue weighted by atomic mass is 9.89. The Kier molecular flexibility index (Phi) is 5.07. The highest BCUT2D eigenvalue weighted by molar-refractivity contribution is 5.89. The van der Waals surface area contributed by atoms with Gasteiger partial charge in [0.15, 0.2) is 5.82 Å². The van der Waals surface area contributed by atoms with Gasteiger partial charge in [-0.05, 0) is 38.0 Å². The van der Waals surface area contributed by atoms with E-state index in [9.17, 15) is 4.79 Å². The lowest BCUT2D eigenvalue weighted by Crippen LogP contribution is -2.45. The molecule has 1 heterocycles. The third-order valence-corrected chi connectivity index (χ3v) is 4.66. The third-order valence-electron chi connectivity index (χ3n) is 4.66. The molecule has 1 unspecified atom stereocenters. The molecule has 0 fully saturated rings. The second kappa shape index (κ2) is 7.44. The Bertz CT molecular complexity index is 874. The minimum absolute atomic E-state index is 0.264.